The Hall–Kier alpha value is -1.99. The Morgan fingerprint density at radius 2 is 1.84 bits per heavy atom. The summed E-state index contributed by atoms with van der Waals surface area (Å²) in [7, 11) is 0. The molecule has 0 aliphatic carbocycles. The third-order valence-corrected chi connectivity index (χ3v) is 4.35. The number of nitrogens with one attached hydrogen (secondary N) is 2. The van der Waals surface area contributed by atoms with Crippen LogP contribution in [0.4, 0.5) is 10.5 Å². The van der Waals surface area contributed by atoms with Crippen molar-refractivity contribution in [2.45, 2.75) is 12.8 Å². The Labute approximate surface area is 152 Å². The highest BCUT2D eigenvalue weighted by Gasteiger charge is 2.17. The summed E-state index contributed by atoms with van der Waals surface area (Å²) in [6.45, 7) is 5.48. The molecule has 0 aromatic heterocycles. The fourth-order valence-corrected chi connectivity index (χ4v) is 2.92. The molecular weight excluding hydrogens is 344 g/mol. The third-order valence-electron chi connectivity index (χ3n) is 4.11. The molecule has 138 valence electrons. The van der Waals surface area contributed by atoms with Crippen LogP contribution in [0.25, 0.3) is 0 Å². The highest BCUT2D eigenvalue weighted by atomic mass is 35.5. The highest BCUT2D eigenvalue weighted by molar-refractivity contribution is 6.30. The van der Waals surface area contributed by atoms with E-state index in [2.05, 4.69) is 26.5 Å². The van der Waals surface area contributed by atoms with Crippen LogP contribution in [0.5, 0.6) is 0 Å². The second kappa shape index (κ2) is 10.1. The Morgan fingerprint density at radius 1 is 1.12 bits per heavy atom. The minimum atomic E-state index is -0.848. The number of hydrogen-bond donors (Lipinski definition) is 3. The molecule has 25 heavy (non-hydrogen) atoms. The van der Waals surface area contributed by atoms with Crippen molar-refractivity contribution in [1.29, 1.82) is 0 Å². The maximum atomic E-state index is 11.6. The molecule has 1 aromatic rings. The highest BCUT2D eigenvalue weighted by Crippen LogP contribution is 2.20. The van der Waals surface area contributed by atoms with Gasteiger partial charge < -0.3 is 20.6 Å². The standard InChI is InChI=1S/C17H25ClN4O3/c18-14-3-1-4-15(13-14)22-11-9-21(10-12-22)8-7-20-17(25)19-6-2-5-16(23)24/h1,3-4,13H,2,5-12H2,(H,23,24)(H2,19,20,25). The molecule has 0 spiro atoms. The van der Waals surface area contributed by atoms with Gasteiger partial charge in [0.2, 0.25) is 0 Å². The Morgan fingerprint density at radius 3 is 2.52 bits per heavy atom. The van der Waals surface area contributed by atoms with E-state index in [1.807, 2.05) is 18.2 Å². The second-order valence-corrected chi connectivity index (χ2v) is 6.42. The molecule has 1 aromatic carbocycles. The van der Waals surface area contributed by atoms with Gasteiger partial charge in [0.15, 0.2) is 0 Å². The number of urea groups is 1. The van der Waals surface area contributed by atoms with Gasteiger partial charge >= 0.3 is 12.0 Å². The predicted molar refractivity (Wildman–Crippen MR) is 98.4 cm³/mol. The van der Waals surface area contributed by atoms with Crippen LogP contribution < -0.4 is 15.5 Å². The van der Waals surface area contributed by atoms with Crippen LogP contribution >= 0.6 is 11.6 Å². The number of rotatable bonds is 8. The monoisotopic (exact) mass is 368 g/mol. The lowest BCUT2D eigenvalue weighted by Crippen LogP contribution is -2.49. The molecular formula is C17H25ClN4O3. The number of carbonyl (C=O) groups is 2. The number of nitrogens with zero attached hydrogens (tertiary/aromatic N) is 2. The van der Waals surface area contributed by atoms with Crippen LogP contribution in [0.15, 0.2) is 24.3 Å². The summed E-state index contributed by atoms with van der Waals surface area (Å²) >= 11 is 6.04. The van der Waals surface area contributed by atoms with Crippen LogP contribution in [0.2, 0.25) is 5.02 Å². The van der Waals surface area contributed by atoms with Crippen molar-refractivity contribution < 1.29 is 14.7 Å². The minimum Gasteiger partial charge on any atom is -0.481 e. The van der Waals surface area contributed by atoms with Gasteiger partial charge in [0.1, 0.15) is 0 Å². The zero-order valence-electron chi connectivity index (χ0n) is 14.2. The van der Waals surface area contributed by atoms with Crippen LogP contribution in [0.1, 0.15) is 12.8 Å². The number of anilines is 1. The van der Waals surface area contributed by atoms with E-state index >= 15 is 0 Å². The molecule has 2 rings (SSSR count). The van der Waals surface area contributed by atoms with Crippen molar-refractivity contribution in [3.8, 4) is 0 Å². The van der Waals surface area contributed by atoms with E-state index in [0.29, 0.717) is 19.5 Å². The van der Waals surface area contributed by atoms with Crippen molar-refractivity contribution in [2.24, 2.45) is 0 Å². The number of benzene rings is 1. The number of carboxylic acid groups (broad SMARTS) is 1. The fraction of sp³-hybridized carbons (Fsp3) is 0.529. The first-order valence-corrected chi connectivity index (χ1v) is 8.89. The minimum absolute atomic E-state index is 0.0667. The largest absolute Gasteiger partial charge is 0.481 e. The lowest BCUT2D eigenvalue weighted by Gasteiger charge is -2.36. The van der Waals surface area contributed by atoms with Crippen molar-refractivity contribution in [3.63, 3.8) is 0 Å². The Balaban J connectivity index is 1.58. The topological polar surface area (TPSA) is 84.9 Å². The maximum absolute atomic E-state index is 11.6. The van der Waals surface area contributed by atoms with Gasteiger partial charge in [-0.05, 0) is 24.6 Å². The smallest absolute Gasteiger partial charge is 0.314 e. The number of carbonyl (C=O) groups excluding carboxylic acids is 1. The van der Waals surface area contributed by atoms with E-state index < -0.39 is 5.97 Å². The number of amides is 2. The average molecular weight is 369 g/mol. The lowest BCUT2D eigenvalue weighted by molar-refractivity contribution is -0.137. The zero-order chi connectivity index (χ0) is 18.1. The van der Waals surface area contributed by atoms with Gasteiger partial charge in [-0.3, -0.25) is 9.69 Å². The summed E-state index contributed by atoms with van der Waals surface area (Å²) in [6, 6.07) is 7.64. The average Bonchev–Trinajstić information content (AvgIpc) is 2.59. The molecule has 8 heteroatoms. The number of halogens is 1. The number of carboxylic acids is 1. The molecule has 0 radical (unpaired) electrons. The maximum Gasteiger partial charge on any atom is 0.314 e. The Kier molecular flexibility index (Phi) is 7.81. The number of hydrogen-bond acceptors (Lipinski definition) is 4. The SMILES string of the molecule is O=C(O)CCCNC(=O)NCCN1CCN(c2cccc(Cl)c2)CC1. The first-order chi connectivity index (χ1) is 12.0. The van der Waals surface area contributed by atoms with E-state index in [1.165, 1.54) is 0 Å². The van der Waals surface area contributed by atoms with Gasteiger partial charge in [-0.2, -0.15) is 0 Å². The molecule has 0 atom stereocenters. The zero-order valence-corrected chi connectivity index (χ0v) is 15.0. The quantitative estimate of drug-likeness (QED) is 0.607. The van der Waals surface area contributed by atoms with Crippen LogP contribution in [-0.4, -0.2) is 67.8 Å². The van der Waals surface area contributed by atoms with Crippen molar-refractivity contribution >= 4 is 29.3 Å². The summed E-state index contributed by atoms with van der Waals surface area (Å²) in [6.07, 6.45) is 0.505. The molecule has 7 nitrogen and oxygen atoms in total. The van der Waals surface area contributed by atoms with Crippen molar-refractivity contribution in [3.05, 3.63) is 29.3 Å². The second-order valence-electron chi connectivity index (χ2n) is 5.99. The molecule has 2 amide bonds. The summed E-state index contributed by atoms with van der Waals surface area (Å²) in [5.74, 6) is -0.848. The normalized spacial score (nSPS) is 15.0. The summed E-state index contributed by atoms with van der Waals surface area (Å²) in [5.41, 5.74) is 1.14. The molecule has 0 bridgehead atoms. The summed E-state index contributed by atoms with van der Waals surface area (Å²) in [4.78, 5) is 26.6. The van der Waals surface area contributed by atoms with Gasteiger partial charge in [-0.1, -0.05) is 17.7 Å². The van der Waals surface area contributed by atoms with Crippen LogP contribution in [-0.2, 0) is 4.79 Å². The summed E-state index contributed by atoms with van der Waals surface area (Å²) < 4.78 is 0. The van der Waals surface area contributed by atoms with E-state index in [4.69, 9.17) is 16.7 Å². The van der Waals surface area contributed by atoms with E-state index in [-0.39, 0.29) is 12.5 Å². The Bertz CT molecular complexity index is 577. The van der Waals surface area contributed by atoms with Crippen LogP contribution in [0.3, 0.4) is 0 Å². The molecule has 1 aliphatic heterocycles. The third kappa shape index (κ3) is 7.19. The fourth-order valence-electron chi connectivity index (χ4n) is 2.73. The molecule has 3 N–H and O–H groups in total. The first-order valence-electron chi connectivity index (χ1n) is 8.51. The van der Waals surface area contributed by atoms with Gasteiger partial charge in [0.25, 0.3) is 0 Å². The molecule has 1 fully saturated rings. The molecule has 0 saturated carbocycles. The molecule has 1 saturated heterocycles. The van der Waals surface area contributed by atoms with Gasteiger partial charge in [0.05, 0.1) is 0 Å². The molecule has 1 aliphatic rings. The van der Waals surface area contributed by atoms with E-state index in [1.54, 1.807) is 0 Å². The van der Waals surface area contributed by atoms with Crippen molar-refractivity contribution in [2.75, 3.05) is 50.7 Å². The summed E-state index contributed by atoms with van der Waals surface area (Å²) in [5, 5.41) is 14.7. The van der Waals surface area contributed by atoms with Crippen molar-refractivity contribution in [1.82, 2.24) is 15.5 Å². The molecule has 0 unspecified atom stereocenters. The van der Waals surface area contributed by atoms with Gasteiger partial charge in [-0.25, -0.2) is 4.79 Å². The number of piperazine rings is 1. The first kappa shape index (κ1) is 19.3. The van der Waals surface area contributed by atoms with Gasteiger partial charge in [0, 0.05) is 62.9 Å². The van der Waals surface area contributed by atoms with Crippen LogP contribution in [0, 0.1) is 0 Å². The molecule has 1 heterocycles. The van der Waals surface area contributed by atoms with Gasteiger partial charge in [-0.15, -0.1) is 0 Å². The van der Waals surface area contributed by atoms with E-state index in [0.717, 1.165) is 43.4 Å². The lowest BCUT2D eigenvalue weighted by atomic mass is 10.2. The number of aliphatic carboxylic acids is 1. The predicted octanol–water partition coefficient (Wildman–Crippen LogP) is 1.63. The van der Waals surface area contributed by atoms with E-state index in [9.17, 15) is 9.59 Å².